The second-order valence-electron chi connectivity index (χ2n) is 5.53. The van der Waals surface area contributed by atoms with E-state index in [-0.39, 0.29) is 5.69 Å². The van der Waals surface area contributed by atoms with Crippen LogP contribution in [-0.4, -0.2) is 22.0 Å². The zero-order valence-electron chi connectivity index (χ0n) is 11.2. The number of halogens is 3. The summed E-state index contributed by atoms with van der Waals surface area (Å²) in [5.41, 5.74) is -1.63. The number of nitrogens with zero attached hydrogens (tertiary/aromatic N) is 1. The minimum atomic E-state index is -4.55. The Morgan fingerprint density at radius 1 is 1.29 bits per heavy atom. The molecule has 1 saturated carbocycles. The predicted octanol–water partition coefficient (Wildman–Crippen LogP) is 2.40. The van der Waals surface area contributed by atoms with Gasteiger partial charge in [0, 0.05) is 0 Å². The van der Waals surface area contributed by atoms with Crippen molar-refractivity contribution in [1.29, 1.82) is 0 Å². The van der Waals surface area contributed by atoms with Gasteiger partial charge in [-0.3, -0.25) is 9.59 Å². The molecule has 8 heteroatoms. The third-order valence-corrected chi connectivity index (χ3v) is 3.70. The predicted molar refractivity (Wildman–Crippen MR) is 66.3 cm³/mol. The number of carbonyl (C=O) groups excluding carboxylic acids is 1. The number of aliphatic carboxylic acids is 1. The highest BCUT2D eigenvalue weighted by atomic mass is 19.4. The van der Waals surface area contributed by atoms with Crippen molar-refractivity contribution in [3.05, 3.63) is 24.0 Å². The molecule has 0 aromatic carbocycles. The molecule has 0 radical (unpaired) electrons. The van der Waals surface area contributed by atoms with E-state index < -0.39 is 41.0 Å². The van der Waals surface area contributed by atoms with E-state index in [1.54, 1.807) is 13.8 Å². The molecule has 0 spiro atoms. The van der Waals surface area contributed by atoms with Crippen LogP contribution in [0.2, 0.25) is 0 Å². The molecule has 2 rings (SSSR count). The lowest BCUT2D eigenvalue weighted by molar-refractivity contribution is -0.141. The van der Waals surface area contributed by atoms with Crippen LogP contribution in [0.5, 0.6) is 0 Å². The molecule has 0 bridgehead atoms. The minimum Gasteiger partial charge on any atom is -0.481 e. The molecule has 1 amide bonds. The first-order valence-corrected chi connectivity index (χ1v) is 6.12. The summed E-state index contributed by atoms with van der Waals surface area (Å²) in [4.78, 5) is 26.2. The third kappa shape index (κ3) is 2.84. The van der Waals surface area contributed by atoms with Gasteiger partial charge in [0.05, 0.1) is 23.7 Å². The van der Waals surface area contributed by atoms with Gasteiger partial charge in [0.1, 0.15) is 5.69 Å². The lowest BCUT2D eigenvalue weighted by Crippen LogP contribution is -2.18. The number of pyridine rings is 1. The monoisotopic (exact) mass is 302 g/mol. The van der Waals surface area contributed by atoms with E-state index in [0.717, 1.165) is 18.3 Å². The van der Waals surface area contributed by atoms with Crippen LogP contribution in [0.25, 0.3) is 0 Å². The van der Waals surface area contributed by atoms with E-state index in [9.17, 15) is 22.8 Å². The first-order chi connectivity index (χ1) is 9.55. The zero-order chi connectivity index (χ0) is 16.0. The summed E-state index contributed by atoms with van der Waals surface area (Å²) in [5, 5.41) is 11.4. The molecule has 1 aliphatic carbocycles. The van der Waals surface area contributed by atoms with Gasteiger partial charge in [0.2, 0.25) is 5.91 Å². The number of amides is 1. The van der Waals surface area contributed by atoms with Gasteiger partial charge in [-0.2, -0.15) is 13.2 Å². The van der Waals surface area contributed by atoms with Gasteiger partial charge in [-0.1, -0.05) is 13.8 Å². The van der Waals surface area contributed by atoms with Crippen LogP contribution in [0, 0.1) is 17.3 Å². The van der Waals surface area contributed by atoms with Gasteiger partial charge in [0.15, 0.2) is 0 Å². The van der Waals surface area contributed by atoms with Crippen molar-refractivity contribution in [2.24, 2.45) is 17.3 Å². The number of carboxylic acids is 1. The Kier molecular flexibility index (Phi) is 3.43. The van der Waals surface area contributed by atoms with E-state index in [1.807, 2.05) is 0 Å². The van der Waals surface area contributed by atoms with Gasteiger partial charge in [-0.15, -0.1) is 0 Å². The highest BCUT2D eigenvalue weighted by Gasteiger charge is 2.65. The minimum absolute atomic E-state index is 0.0971. The molecule has 1 heterocycles. The number of alkyl halides is 3. The van der Waals surface area contributed by atoms with E-state index in [4.69, 9.17) is 5.11 Å². The van der Waals surface area contributed by atoms with Crippen LogP contribution >= 0.6 is 0 Å². The molecule has 1 aliphatic rings. The quantitative estimate of drug-likeness (QED) is 0.898. The van der Waals surface area contributed by atoms with Crippen LogP contribution < -0.4 is 5.32 Å². The third-order valence-electron chi connectivity index (χ3n) is 3.70. The van der Waals surface area contributed by atoms with Gasteiger partial charge >= 0.3 is 12.1 Å². The standard InChI is InChI=1S/C13H13F3N2O3/c1-12(2)8(9(12)11(20)21)10(19)18-6-3-4-7(17-5-6)13(14,15)16/h3-5,8-9H,1-2H3,(H,18,19)(H,20,21)/t8-,9-/m0/s1. The summed E-state index contributed by atoms with van der Waals surface area (Å²) in [6.07, 6.45) is -3.65. The van der Waals surface area contributed by atoms with Crippen LogP contribution in [0.1, 0.15) is 19.5 Å². The van der Waals surface area contributed by atoms with Gasteiger partial charge in [-0.25, -0.2) is 4.98 Å². The molecule has 0 unspecified atom stereocenters. The second kappa shape index (κ2) is 4.71. The van der Waals surface area contributed by atoms with Crippen LogP contribution in [0.15, 0.2) is 18.3 Å². The Bertz CT molecular complexity index is 581. The Labute approximate surface area is 118 Å². The van der Waals surface area contributed by atoms with E-state index in [2.05, 4.69) is 10.3 Å². The second-order valence-corrected chi connectivity index (χ2v) is 5.53. The first kappa shape index (κ1) is 15.3. The summed E-state index contributed by atoms with van der Waals surface area (Å²) >= 11 is 0. The molecular formula is C13H13F3N2O3. The van der Waals surface area contributed by atoms with Crippen molar-refractivity contribution < 1.29 is 27.9 Å². The number of rotatable bonds is 3. The first-order valence-electron chi connectivity index (χ1n) is 6.12. The van der Waals surface area contributed by atoms with Crippen LogP contribution in [0.3, 0.4) is 0 Å². The molecular weight excluding hydrogens is 289 g/mol. The summed E-state index contributed by atoms with van der Waals surface area (Å²) in [6.45, 7) is 3.31. The van der Waals surface area contributed by atoms with Gasteiger partial charge in [-0.05, 0) is 17.5 Å². The van der Waals surface area contributed by atoms with E-state index in [1.165, 1.54) is 0 Å². The highest BCUT2D eigenvalue weighted by molar-refractivity contribution is 5.99. The lowest BCUT2D eigenvalue weighted by Gasteiger charge is -2.08. The van der Waals surface area contributed by atoms with Crippen molar-refractivity contribution >= 4 is 17.6 Å². The van der Waals surface area contributed by atoms with Crippen molar-refractivity contribution in [2.45, 2.75) is 20.0 Å². The van der Waals surface area contributed by atoms with Gasteiger partial charge in [0.25, 0.3) is 0 Å². The molecule has 0 saturated heterocycles. The smallest absolute Gasteiger partial charge is 0.433 e. The summed E-state index contributed by atoms with van der Waals surface area (Å²) in [5.74, 6) is -3.10. The van der Waals surface area contributed by atoms with Crippen molar-refractivity contribution in [3.8, 4) is 0 Å². The Morgan fingerprint density at radius 2 is 1.90 bits per heavy atom. The average molecular weight is 302 g/mol. The summed E-state index contributed by atoms with van der Waals surface area (Å²) in [7, 11) is 0. The Hall–Kier alpha value is -2.12. The van der Waals surface area contributed by atoms with Crippen molar-refractivity contribution in [3.63, 3.8) is 0 Å². The lowest BCUT2D eigenvalue weighted by atomic mass is 10.1. The largest absolute Gasteiger partial charge is 0.481 e. The van der Waals surface area contributed by atoms with E-state index >= 15 is 0 Å². The van der Waals surface area contributed by atoms with Crippen molar-refractivity contribution in [2.75, 3.05) is 5.32 Å². The highest BCUT2D eigenvalue weighted by Crippen LogP contribution is 2.58. The maximum atomic E-state index is 12.3. The Balaban J connectivity index is 2.06. The number of nitrogens with one attached hydrogen (secondary N) is 1. The summed E-state index contributed by atoms with van der Waals surface area (Å²) in [6, 6.07) is 1.83. The number of carboxylic acid groups (broad SMARTS) is 1. The fraction of sp³-hybridized carbons (Fsp3) is 0.462. The number of aromatic nitrogens is 1. The number of hydrogen-bond acceptors (Lipinski definition) is 3. The topological polar surface area (TPSA) is 79.3 Å². The number of anilines is 1. The van der Waals surface area contributed by atoms with Crippen molar-refractivity contribution in [1.82, 2.24) is 4.98 Å². The average Bonchev–Trinajstić information content (AvgIpc) is 2.92. The molecule has 114 valence electrons. The summed E-state index contributed by atoms with van der Waals surface area (Å²) < 4.78 is 37.0. The maximum Gasteiger partial charge on any atom is 0.433 e. The molecule has 1 aromatic rings. The fourth-order valence-corrected chi connectivity index (χ4v) is 2.44. The zero-order valence-corrected chi connectivity index (χ0v) is 11.2. The van der Waals surface area contributed by atoms with Crippen LogP contribution in [0.4, 0.5) is 18.9 Å². The Morgan fingerprint density at radius 3 is 2.29 bits per heavy atom. The molecule has 1 aromatic heterocycles. The fourth-order valence-electron chi connectivity index (χ4n) is 2.44. The molecule has 2 atom stereocenters. The number of hydrogen-bond donors (Lipinski definition) is 2. The normalized spacial score (nSPS) is 23.5. The number of carbonyl (C=O) groups is 2. The molecule has 21 heavy (non-hydrogen) atoms. The van der Waals surface area contributed by atoms with E-state index in [0.29, 0.717) is 0 Å². The SMILES string of the molecule is CC1(C)[C@H](C(=O)O)[C@H]1C(=O)Nc1ccc(C(F)(F)F)nc1. The molecule has 1 fully saturated rings. The molecule has 5 nitrogen and oxygen atoms in total. The van der Waals surface area contributed by atoms with Gasteiger partial charge < -0.3 is 10.4 Å². The maximum absolute atomic E-state index is 12.3. The molecule has 2 N–H and O–H groups in total. The molecule has 0 aliphatic heterocycles. The van der Waals surface area contributed by atoms with Crippen LogP contribution in [-0.2, 0) is 15.8 Å².